The standard InChI is InChI=1S/C30H28BrN5O5.ClH/c1-17(32-3)28(38)33-24-16-35(29(39)20-10-8-19(9-11-20)18(2)37)25-6-4-5-7-26(25)36(30(24)40)15-23-22-13-12-21(31)14-27(22)41-34-23;/h4-14,17,24,32H,15-16H2,1-3H3,(H,33,38);1H/t17-,24-;/m0./s1. The zero-order valence-electron chi connectivity index (χ0n) is 23.1. The van der Waals surface area contributed by atoms with Crippen LogP contribution in [0.2, 0.25) is 0 Å². The van der Waals surface area contributed by atoms with Crippen molar-refractivity contribution in [2.24, 2.45) is 0 Å². The van der Waals surface area contributed by atoms with E-state index in [0.29, 0.717) is 33.8 Å². The number of nitrogens with one attached hydrogen (secondary N) is 2. The first-order chi connectivity index (χ1) is 19.7. The second-order valence-electron chi connectivity index (χ2n) is 9.80. The maximum atomic E-state index is 14.1. The summed E-state index contributed by atoms with van der Waals surface area (Å²) in [7, 11) is 1.65. The van der Waals surface area contributed by atoms with Gasteiger partial charge in [-0.1, -0.05) is 45.4 Å². The van der Waals surface area contributed by atoms with Gasteiger partial charge in [0.25, 0.3) is 11.8 Å². The number of carbonyl (C=O) groups is 4. The summed E-state index contributed by atoms with van der Waals surface area (Å²) in [6, 6.07) is 17.3. The summed E-state index contributed by atoms with van der Waals surface area (Å²) in [5.41, 5.74) is 2.89. The fraction of sp³-hybridized carbons (Fsp3) is 0.233. The quantitative estimate of drug-likeness (QED) is 0.281. The maximum absolute atomic E-state index is 14.1. The molecule has 3 amide bonds. The van der Waals surface area contributed by atoms with Gasteiger partial charge in [0.2, 0.25) is 5.91 Å². The van der Waals surface area contributed by atoms with E-state index in [4.69, 9.17) is 4.52 Å². The third-order valence-corrected chi connectivity index (χ3v) is 7.63. The highest BCUT2D eigenvalue weighted by Crippen LogP contribution is 2.36. The van der Waals surface area contributed by atoms with Crippen LogP contribution in [0.4, 0.5) is 11.4 Å². The number of benzene rings is 3. The van der Waals surface area contributed by atoms with Crippen molar-refractivity contribution in [3.63, 3.8) is 0 Å². The molecule has 0 saturated heterocycles. The lowest BCUT2D eigenvalue weighted by Gasteiger charge is -2.26. The number of aromatic nitrogens is 1. The van der Waals surface area contributed by atoms with Crippen LogP contribution in [0.15, 0.2) is 75.7 Å². The van der Waals surface area contributed by atoms with Crippen molar-refractivity contribution in [2.75, 3.05) is 23.4 Å². The molecule has 4 aromatic rings. The topological polar surface area (TPSA) is 125 Å². The molecule has 10 nitrogen and oxygen atoms in total. The second-order valence-corrected chi connectivity index (χ2v) is 10.7. The number of rotatable bonds is 7. The normalized spacial score (nSPS) is 15.4. The number of para-hydroxylation sites is 2. The van der Waals surface area contributed by atoms with Crippen LogP contribution in [0.5, 0.6) is 0 Å². The SMILES string of the molecule is CN[C@@H](C)C(=O)N[C@H]1CN(C(=O)c2ccc(C(C)=O)cc2)c2ccccc2N(Cc2noc3cc(Br)ccc23)C1=O.Cl. The van der Waals surface area contributed by atoms with Crippen LogP contribution in [0, 0.1) is 0 Å². The first-order valence-corrected chi connectivity index (χ1v) is 13.8. The monoisotopic (exact) mass is 653 g/mol. The fourth-order valence-corrected chi connectivity index (χ4v) is 5.05. The van der Waals surface area contributed by atoms with Gasteiger partial charge < -0.3 is 25.0 Å². The van der Waals surface area contributed by atoms with Gasteiger partial charge in [-0.2, -0.15) is 0 Å². The van der Waals surface area contributed by atoms with E-state index in [9.17, 15) is 19.2 Å². The smallest absolute Gasteiger partial charge is 0.258 e. The molecule has 218 valence electrons. The zero-order chi connectivity index (χ0) is 29.3. The molecule has 0 fully saturated rings. The summed E-state index contributed by atoms with van der Waals surface area (Å²) in [5.74, 6) is -1.27. The Morgan fingerprint density at radius 3 is 2.38 bits per heavy atom. The predicted octanol–water partition coefficient (Wildman–Crippen LogP) is 4.50. The molecule has 0 unspecified atom stereocenters. The second kappa shape index (κ2) is 12.8. The molecule has 2 heterocycles. The Morgan fingerprint density at radius 2 is 1.71 bits per heavy atom. The molecular weight excluding hydrogens is 626 g/mol. The van der Waals surface area contributed by atoms with E-state index in [1.54, 1.807) is 68.6 Å². The highest BCUT2D eigenvalue weighted by atomic mass is 79.9. The van der Waals surface area contributed by atoms with E-state index < -0.39 is 18.0 Å². The Bertz CT molecular complexity index is 1660. The molecule has 5 rings (SSSR count). The maximum Gasteiger partial charge on any atom is 0.258 e. The summed E-state index contributed by atoms with van der Waals surface area (Å²) in [4.78, 5) is 55.8. The summed E-state index contributed by atoms with van der Waals surface area (Å²) in [6.07, 6.45) is 0. The van der Waals surface area contributed by atoms with Crippen molar-refractivity contribution in [1.29, 1.82) is 0 Å². The number of anilines is 2. The van der Waals surface area contributed by atoms with E-state index in [1.165, 1.54) is 16.7 Å². The number of halogens is 2. The van der Waals surface area contributed by atoms with Crippen LogP contribution in [-0.4, -0.2) is 54.3 Å². The minimum atomic E-state index is -1.06. The van der Waals surface area contributed by atoms with Gasteiger partial charge in [0, 0.05) is 21.0 Å². The van der Waals surface area contributed by atoms with E-state index in [2.05, 4.69) is 31.7 Å². The average Bonchev–Trinajstić information content (AvgIpc) is 3.33. The summed E-state index contributed by atoms with van der Waals surface area (Å²) >= 11 is 3.43. The molecule has 0 radical (unpaired) electrons. The molecule has 0 bridgehead atoms. The van der Waals surface area contributed by atoms with Gasteiger partial charge in [0.1, 0.15) is 11.7 Å². The highest BCUT2D eigenvalue weighted by molar-refractivity contribution is 9.10. The Labute approximate surface area is 256 Å². The van der Waals surface area contributed by atoms with Gasteiger partial charge in [0.15, 0.2) is 11.4 Å². The van der Waals surface area contributed by atoms with Crippen LogP contribution in [0.3, 0.4) is 0 Å². The summed E-state index contributed by atoms with van der Waals surface area (Å²) in [6.45, 7) is 3.09. The molecule has 0 saturated carbocycles. The van der Waals surface area contributed by atoms with Gasteiger partial charge >= 0.3 is 0 Å². The van der Waals surface area contributed by atoms with E-state index in [-0.39, 0.29) is 43.1 Å². The van der Waals surface area contributed by atoms with Crippen LogP contribution in [0.25, 0.3) is 11.0 Å². The number of hydrogen-bond donors (Lipinski definition) is 2. The average molecular weight is 655 g/mol. The van der Waals surface area contributed by atoms with Gasteiger partial charge in [-0.3, -0.25) is 19.2 Å². The van der Waals surface area contributed by atoms with Gasteiger partial charge in [-0.05, 0) is 63.4 Å². The fourth-order valence-electron chi connectivity index (χ4n) is 4.71. The number of fused-ring (bicyclic) bond motifs is 2. The van der Waals surface area contributed by atoms with Crippen molar-refractivity contribution in [3.8, 4) is 0 Å². The summed E-state index contributed by atoms with van der Waals surface area (Å²) < 4.78 is 6.35. The zero-order valence-corrected chi connectivity index (χ0v) is 25.5. The molecular formula is C30H29BrClN5O5. The van der Waals surface area contributed by atoms with Crippen LogP contribution in [-0.2, 0) is 16.1 Å². The molecule has 0 aliphatic carbocycles. The molecule has 1 aliphatic heterocycles. The number of carbonyl (C=O) groups excluding carboxylic acids is 4. The largest absolute Gasteiger partial charge is 0.356 e. The molecule has 0 spiro atoms. The Hall–Kier alpha value is -4.06. The first kappa shape index (κ1) is 30.9. The Morgan fingerprint density at radius 1 is 1.05 bits per heavy atom. The number of nitrogens with zero attached hydrogens (tertiary/aromatic N) is 3. The van der Waals surface area contributed by atoms with Crippen LogP contribution >= 0.6 is 28.3 Å². The van der Waals surface area contributed by atoms with Crippen molar-refractivity contribution in [1.82, 2.24) is 15.8 Å². The van der Waals surface area contributed by atoms with Gasteiger partial charge in [-0.25, -0.2) is 0 Å². The predicted molar refractivity (Wildman–Crippen MR) is 165 cm³/mol. The van der Waals surface area contributed by atoms with E-state index in [1.807, 2.05) is 12.1 Å². The first-order valence-electron chi connectivity index (χ1n) is 13.0. The van der Waals surface area contributed by atoms with Crippen molar-refractivity contribution >= 4 is 74.2 Å². The third kappa shape index (κ3) is 6.08. The van der Waals surface area contributed by atoms with Crippen LogP contribution in [0.1, 0.15) is 40.3 Å². The molecule has 2 N–H and O–H groups in total. The molecule has 12 heteroatoms. The Kier molecular flexibility index (Phi) is 9.45. The minimum absolute atomic E-state index is 0. The third-order valence-electron chi connectivity index (χ3n) is 7.14. The van der Waals surface area contributed by atoms with Crippen molar-refractivity contribution < 1.29 is 23.7 Å². The number of ketones is 1. The number of amides is 3. The van der Waals surface area contributed by atoms with Crippen molar-refractivity contribution in [3.05, 3.63) is 88.0 Å². The van der Waals surface area contributed by atoms with Gasteiger partial charge in [-0.15, -0.1) is 12.4 Å². The molecule has 2 atom stereocenters. The number of Topliss-reactive ketones (excluding diaryl/α,β-unsaturated/α-hetero) is 1. The van der Waals surface area contributed by atoms with Crippen molar-refractivity contribution in [2.45, 2.75) is 32.5 Å². The lowest BCUT2D eigenvalue weighted by atomic mass is 10.1. The van der Waals surface area contributed by atoms with Gasteiger partial charge in [0.05, 0.1) is 30.5 Å². The lowest BCUT2D eigenvalue weighted by Crippen LogP contribution is -2.55. The van der Waals surface area contributed by atoms with E-state index >= 15 is 0 Å². The molecule has 1 aromatic heterocycles. The summed E-state index contributed by atoms with van der Waals surface area (Å²) in [5, 5.41) is 10.7. The lowest BCUT2D eigenvalue weighted by molar-refractivity contribution is -0.128. The highest BCUT2D eigenvalue weighted by Gasteiger charge is 2.38. The van der Waals surface area contributed by atoms with Crippen LogP contribution < -0.4 is 20.4 Å². The Balaban J connectivity index is 0.00000405. The molecule has 3 aromatic carbocycles. The van der Waals surface area contributed by atoms with E-state index in [0.717, 1.165) is 9.86 Å². The minimum Gasteiger partial charge on any atom is -0.356 e. The molecule has 1 aliphatic rings. The molecule has 42 heavy (non-hydrogen) atoms. The number of hydrogen-bond acceptors (Lipinski definition) is 7. The number of likely N-dealkylation sites (N-methyl/N-ethyl adjacent to an activating group) is 1.